The lowest BCUT2D eigenvalue weighted by Gasteiger charge is -2.31. The summed E-state index contributed by atoms with van der Waals surface area (Å²) in [6.07, 6.45) is 5.02. The van der Waals surface area contributed by atoms with E-state index in [2.05, 4.69) is 11.0 Å². The summed E-state index contributed by atoms with van der Waals surface area (Å²) in [7, 11) is 0. The molecule has 100 valence electrons. The number of hydrogen-bond donors (Lipinski definition) is 1. The molecule has 1 aromatic carbocycles. The van der Waals surface area contributed by atoms with E-state index in [1.165, 1.54) is 0 Å². The molecule has 1 unspecified atom stereocenters. The van der Waals surface area contributed by atoms with Crippen molar-refractivity contribution in [3.63, 3.8) is 0 Å². The van der Waals surface area contributed by atoms with Crippen molar-refractivity contribution in [2.45, 2.75) is 31.7 Å². The quantitative estimate of drug-likeness (QED) is 0.843. The Kier molecular flexibility index (Phi) is 4.53. The molecule has 1 saturated heterocycles. The molecular formula is C15H18N2O2. The van der Waals surface area contributed by atoms with Gasteiger partial charge in [-0.3, -0.25) is 4.79 Å². The fraction of sp³-hybridized carbons (Fsp3) is 0.467. The zero-order valence-electron chi connectivity index (χ0n) is 10.9. The zero-order chi connectivity index (χ0) is 13.7. The minimum Gasteiger partial charge on any atom is -0.394 e. The van der Waals surface area contributed by atoms with Crippen LogP contribution < -0.4 is 4.90 Å². The second kappa shape index (κ2) is 6.35. The zero-order valence-corrected chi connectivity index (χ0v) is 10.9. The number of aliphatic hydroxyl groups is 1. The summed E-state index contributed by atoms with van der Waals surface area (Å²) in [5, 5.41) is 18.8. The fourth-order valence-corrected chi connectivity index (χ4v) is 2.65. The molecule has 0 saturated carbocycles. The first kappa shape index (κ1) is 13.6. The van der Waals surface area contributed by atoms with Gasteiger partial charge in [0.2, 0.25) is 0 Å². The van der Waals surface area contributed by atoms with E-state index in [1.807, 2.05) is 6.07 Å². The molecule has 4 heteroatoms. The van der Waals surface area contributed by atoms with Crippen molar-refractivity contribution in [1.29, 1.82) is 5.26 Å². The van der Waals surface area contributed by atoms with Gasteiger partial charge in [-0.1, -0.05) is 12.8 Å². The van der Waals surface area contributed by atoms with Crippen LogP contribution in [0.2, 0.25) is 0 Å². The van der Waals surface area contributed by atoms with E-state index in [0.29, 0.717) is 11.1 Å². The van der Waals surface area contributed by atoms with E-state index >= 15 is 0 Å². The number of aliphatic hydroxyl groups excluding tert-OH is 1. The van der Waals surface area contributed by atoms with Gasteiger partial charge in [0.25, 0.3) is 0 Å². The van der Waals surface area contributed by atoms with E-state index in [0.717, 1.165) is 44.2 Å². The second-order valence-electron chi connectivity index (χ2n) is 4.89. The third-order valence-electron chi connectivity index (χ3n) is 3.67. The Hall–Kier alpha value is -1.86. The molecule has 1 atom stereocenters. The highest BCUT2D eigenvalue weighted by molar-refractivity contribution is 5.78. The summed E-state index contributed by atoms with van der Waals surface area (Å²) in [5.41, 5.74) is 1.84. The smallest absolute Gasteiger partial charge is 0.150 e. The predicted octanol–water partition coefficient (Wildman–Crippen LogP) is 2.11. The average Bonchev–Trinajstić information content (AvgIpc) is 2.71. The minimum atomic E-state index is 0.0664. The molecule has 4 nitrogen and oxygen atoms in total. The molecule has 19 heavy (non-hydrogen) atoms. The molecule has 1 heterocycles. The largest absolute Gasteiger partial charge is 0.394 e. The van der Waals surface area contributed by atoms with Crippen molar-refractivity contribution in [2.24, 2.45) is 0 Å². The highest BCUT2D eigenvalue weighted by Crippen LogP contribution is 2.27. The van der Waals surface area contributed by atoms with Crippen LogP contribution in [0, 0.1) is 11.3 Å². The van der Waals surface area contributed by atoms with Crippen molar-refractivity contribution >= 4 is 12.0 Å². The maximum absolute atomic E-state index is 10.8. The Morgan fingerprint density at radius 1 is 1.42 bits per heavy atom. The monoisotopic (exact) mass is 258 g/mol. The van der Waals surface area contributed by atoms with Gasteiger partial charge < -0.3 is 10.0 Å². The normalized spacial score (nSPS) is 19.6. The Balaban J connectivity index is 2.38. The number of carbonyl (C=O) groups is 1. The molecule has 1 aliphatic heterocycles. The number of carbonyl (C=O) groups excluding carboxylic acids is 1. The van der Waals surface area contributed by atoms with Crippen molar-refractivity contribution < 1.29 is 9.90 Å². The number of nitriles is 1. The molecule has 1 aromatic rings. The van der Waals surface area contributed by atoms with Crippen molar-refractivity contribution in [3.8, 4) is 6.07 Å². The Bertz CT molecular complexity index is 493. The van der Waals surface area contributed by atoms with Crippen molar-refractivity contribution in [3.05, 3.63) is 29.3 Å². The molecule has 1 N–H and O–H groups in total. The summed E-state index contributed by atoms with van der Waals surface area (Å²) in [6.45, 7) is 0.945. The number of nitrogens with zero attached hydrogens (tertiary/aromatic N) is 2. The number of hydrogen-bond acceptors (Lipinski definition) is 4. The van der Waals surface area contributed by atoms with Gasteiger partial charge in [-0.25, -0.2) is 0 Å². The van der Waals surface area contributed by atoms with E-state index in [9.17, 15) is 15.2 Å². The SMILES string of the molecule is N#Cc1cc(C=O)ccc1N1CCCCCC1CO. The molecule has 0 amide bonds. The second-order valence-corrected chi connectivity index (χ2v) is 4.89. The van der Waals surface area contributed by atoms with Crippen LogP contribution in [-0.2, 0) is 0 Å². The first-order chi connectivity index (χ1) is 9.30. The molecule has 0 spiro atoms. The number of aldehydes is 1. The number of benzene rings is 1. The van der Waals surface area contributed by atoms with Crippen LogP contribution in [-0.4, -0.2) is 30.6 Å². The summed E-state index contributed by atoms with van der Waals surface area (Å²) >= 11 is 0. The van der Waals surface area contributed by atoms with Crippen molar-refractivity contribution in [2.75, 3.05) is 18.1 Å². The van der Waals surface area contributed by atoms with E-state index in [-0.39, 0.29) is 12.6 Å². The van der Waals surface area contributed by atoms with Crippen molar-refractivity contribution in [1.82, 2.24) is 0 Å². The fourth-order valence-electron chi connectivity index (χ4n) is 2.65. The molecule has 0 aliphatic carbocycles. The van der Waals surface area contributed by atoms with Gasteiger partial charge in [0.1, 0.15) is 12.4 Å². The maximum Gasteiger partial charge on any atom is 0.150 e. The number of anilines is 1. The van der Waals surface area contributed by atoms with E-state index in [4.69, 9.17) is 0 Å². The minimum absolute atomic E-state index is 0.0664. The topological polar surface area (TPSA) is 64.3 Å². The van der Waals surface area contributed by atoms with Crippen LogP contribution in [0.5, 0.6) is 0 Å². The molecule has 0 radical (unpaired) electrons. The van der Waals surface area contributed by atoms with Gasteiger partial charge in [-0.15, -0.1) is 0 Å². The van der Waals surface area contributed by atoms with Crippen LogP contribution in [0.1, 0.15) is 41.6 Å². The lowest BCUT2D eigenvalue weighted by atomic mass is 10.1. The van der Waals surface area contributed by atoms with E-state index < -0.39 is 0 Å². The standard InChI is InChI=1S/C15H18N2O2/c16-9-13-8-12(10-18)5-6-15(13)17-7-3-1-2-4-14(17)11-19/h5-6,8,10,14,19H,1-4,7,11H2. The molecule has 2 rings (SSSR count). The summed E-state index contributed by atoms with van der Waals surface area (Å²) in [5.74, 6) is 0. The Morgan fingerprint density at radius 2 is 2.26 bits per heavy atom. The van der Waals surface area contributed by atoms with E-state index in [1.54, 1.807) is 12.1 Å². The van der Waals surface area contributed by atoms with Gasteiger partial charge in [-0.05, 0) is 31.0 Å². The first-order valence-corrected chi connectivity index (χ1v) is 6.67. The average molecular weight is 258 g/mol. The molecular weight excluding hydrogens is 240 g/mol. The van der Waals surface area contributed by atoms with Gasteiger partial charge in [-0.2, -0.15) is 5.26 Å². The Labute approximate surface area is 113 Å². The first-order valence-electron chi connectivity index (χ1n) is 6.67. The van der Waals surface area contributed by atoms with Crippen LogP contribution in [0.15, 0.2) is 18.2 Å². The molecule has 0 bridgehead atoms. The summed E-state index contributed by atoms with van der Waals surface area (Å²) in [4.78, 5) is 12.9. The number of rotatable bonds is 3. The van der Waals surface area contributed by atoms with Gasteiger partial charge in [0, 0.05) is 12.1 Å². The third-order valence-corrected chi connectivity index (χ3v) is 3.67. The summed E-state index contributed by atoms with van der Waals surface area (Å²) in [6, 6.07) is 7.37. The predicted molar refractivity (Wildman–Crippen MR) is 73.2 cm³/mol. The van der Waals surface area contributed by atoms with Crippen LogP contribution >= 0.6 is 0 Å². The highest BCUT2D eigenvalue weighted by Gasteiger charge is 2.22. The molecule has 1 aliphatic rings. The molecule has 1 fully saturated rings. The van der Waals surface area contributed by atoms with Gasteiger partial charge in [0.05, 0.1) is 23.9 Å². The lowest BCUT2D eigenvalue weighted by Crippen LogP contribution is -2.38. The van der Waals surface area contributed by atoms with Crippen LogP contribution in [0.25, 0.3) is 0 Å². The van der Waals surface area contributed by atoms with Gasteiger partial charge >= 0.3 is 0 Å². The Morgan fingerprint density at radius 3 is 2.95 bits per heavy atom. The summed E-state index contributed by atoms with van der Waals surface area (Å²) < 4.78 is 0. The van der Waals surface area contributed by atoms with Gasteiger partial charge in [0.15, 0.2) is 0 Å². The highest BCUT2D eigenvalue weighted by atomic mass is 16.3. The maximum atomic E-state index is 10.8. The lowest BCUT2D eigenvalue weighted by molar-refractivity contribution is 0.112. The van der Waals surface area contributed by atoms with Crippen LogP contribution in [0.3, 0.4) is 0 Å². The third kappa shape index (κ3) is 2.94. The van der Waals surface area contributed by atoms with Crippen LogP contribution in [0.4, 0.5) is 5.69 Å². The molecule has 0 aromatic heterocycles.